The molecule has 1 aliphatic rings. The monoisotopic (exact) mass is 245 g/mol. The third kappa shape index (κ3) is 3.47. The summed E-state index contributed by atoms with van der Waals surface area (Å²) in [5.74, 6) is 0. The summed E-state index contributed by atoms with van der Waals surface area (Å²) in [7, 11) is 0. The molecule has 0 spiro atoms. The standard InChI is InChI=1S/C13H15N3O2/c14-7-10-2-1-3-11(6-10)8-15-13(17)16-12-4-5-18-9-12/h1-3,6,12H,4-5,8-9H2,(H2,15,16,17). The van der Waals surface area contributed by atoms with Crippen LogP contribution in [0.25, 0.3) is 0 Å². The van der Waals surface area contributed by atoms with Gasteiger partial charge in [0, 0.05) is 13.2 Å². The van der Waals surface area contributed by atoms with Crippen molar-refractivity contribution in [2.24, 2.45) is 0 Å². The fourth-order valence-corrected chi connectivity index (χ4v) is 1.82. The first-order valence-electron chi connectivity index (χ1n) is 5.89. The first kappa shape index (κ1) is 12.4. The number of amides is 2. The number of carbonyl (C=O) groups excluding carboxylic acids is 1. The Hall–Kier alpha value is -2.06. The number of hydrogen-bond donors (Lipinski definition) is 2. The van der Waals surface area contributed by atoms with Crippen LogP contribution >= 0.6 is 0 Å². The van der Waals surface area contributed by atoms with Gasteiger partial charge in [-0.25, -0.2) is 4.79 Å². The lowest BCUT2D eigenvalue weighted by Gasteiger charge is -2.11. The number of nitrogens with one attached hydrogen (secondary N) is 2. The largest absolute Gasteiger partial charge is 0.379 e. The molecule has 0 aromatic heterocycles. The van der Waals surface area contributed by atoms with E-state index in [1.54, 1.807) is 18.2 Å². The average Bonchev–Trinajstić information content (AvgIpc) is 2.89. The predicted molar refractivity (Wildman–Crippen MR) is 65.8 cm³/mol. The van der Waals surface area contributed by atoms with Crippen molar-refractivity contribution in [2.75, 3.05) is 13.2 Å². The molecule has 2 amide bonds. The second-order valence-electron chi connectivity index (χ2n) is 4.20. The Balaban J connectivity index is 1.79. The van der Waals surface area contributed by atoms with Crippen LogP contribution in [0.3, 0.4) is 0 Å². The van der Waals surface area contributed by atoms with Gasteiger partial charge in [-0.15, -0.1) is 0 Å². The Morgan fingerprint density at radius 3 is 3.17 bits per heavy atom. The zero-order valence-corrected chi connectivity index (χ0v) is 9.98. The predicted octanol–water partition coefficient (Wildman–Crippen LogP) is 1.15. The number of ether oxygens (including phenoxy) is 1. The summed E-state index contributed by atoms with van der Waals surface area (Å²) >= 11 is 0. The third-order valence-corrected chi connectivity index (χ3v) is 2.77. The number of benzene rings is 1. The van der Waals surface area contributed by atoms with E-state index < -0.39 is 0 Å². The molecule has 2 rings (SSSR count). The number of urea groups is 1. The van der Waals surface area contributed by atoms with Crippen LogP contribution in [0.15, 0.2) is 24.3 Å². The first-order chi connectivity index (χ1) is 8.78. The number of nitrogens with zero attached hydrogens (tertiary/aromatic N) is 1. The maximum absolute atomic E-state index is 11.6. The van der Waals surface area contributed by atoms with E-state index in [0.29, 0.717) is 25.3 Å². The van der Waals surface area contributed by atoms with Crippen LogP contribution in [0, 0.1) is 11.3 Å². The first-order valence-corrected chi connectivity index (χ1v) is 5.89. The maximum Gasteiger partial charge on any atom is 0.315 e. The van der Waals surface area contributed by atoms with Crippen molar-refractivity contribution in [1.82, 2.24) is 10.6 Å². The molecule has 0 bridgehead atoms. The molecular formula is C13H15N3O2. The van der Waals surface area contributed by atoms with Gasteiger partial charge in [-0.3, -0.25) is 0 Å². The molecule has 0 saturated carbocycles. The lowest BCUT2D eigenvalue weighted by atomic mass is 10.1. The van der Waals surface area contributed by atoms with Crippen molar-refractivity contribution < 1.29 is 9.53 Å². The molecule has 1 aromatic carbocycles. The van der Waals surface area contributed by atoms with Gasteiger partial charge in [0.15, 0.2) is 0 Å². The van der Waals surface area contributed by atoms with Crippen molar-refractivity contribution in [3.05, 3.63) is 35.4 Å². The van der Waals surface area contributed by atoms with Gasteiger partial charge in [-0.05, 0) is 24.1 Å². The van der Waals surface area contributed by atoms with Gasteiger partial charge in [-0.1, -0.05) is 12.1 Å². The van der Waals surface area contributed by atoms with Gasteiger partial charge < -0.3 is 15.4 Å². The number of hydrogen-bond acceptors (Lipinski definition) is 3. The second kappa shape index (κ2) is 6.03. The summed E-state index contributed by atoms with van der Waals surface area (Å²) in [4.78, 5) is 11.6. The normalized spacial score (nSPS) is 18.1. The zero-order valence-electron chi connectivity index (χ0n) is 9.98. The second-order valence-corrected chi connectivity index (χ2v) is 4.20. The Labute approximate surface area is 106 Å². The molecule has 1 heterocycles. The molecule has 1 saturated heterocycles. The SMILES string of the molecule is N#Cc1cccc(CNC(=O)NC2CCOC2)c1. The topological polar surface area (TPSA) is 74.2 Å². The average molecular weight is 245 g/mol. The van der Waals surface area contributed by atoms with E-state index in [-0.39, 0.29) is 12.1 Å². The van der Waals surface area contributed by atoms with Gasteiger partial charge in [0.1, 0.15) is 0 Å². The van der Waals surface area contributed by atoms with Gasteiger partial charge in [-0.2, -0.15) is 5.26 Å². The summed E-state index contributed by atoms with van der Waals surface area (Å²) < 4.78 is 5.17. The molecule has 1 aliphatic heterocycles. The molecule has 1 unspecified atom stereocenters. The van der Waals surface area contributed by atoms with Crippen molar-refractivity contribution in [1.29, 1.82) is 5.26 Å². The lowest BCUT2D eigenvalue weighted by molar-refractivity contribution is 0.188. The molecule has 18 heavy (non-hydrogen) atoms. The van der Waals surface area contributed by atoms with Gasteiger partial charge in [0.25, 0.3) is 0 Å². The highest BCUT2D eigenvalue weighted by Crippen LogP contribution is 2.04. The zero-order chi connectivity index (χ0) is 12.8. The smallest absolute Gasteiger partial charge is 0.315 e. The quantitative estimate of drug-likeness (QED) is 0.838. The number of rotatable bonds is 3. The Morgan fingerprint density at radius 1 is 1.56 bits per heavy atom. The van der Waals surface area contributed by atoms with E-state index in [1.807, 2.05) is 6.07 Å². The summed E-state index contributed by atoms with van der Waals surface area (Å²) in [6, 6.07) is 9.15. The minimum atomic E-state index is -0.201. The molecule has 0 radical (unpaired) electrons. The van der Waals surface area contributed by atoms with Gasteiger partial charge >= 0.3 is 6.03 Å². The van der Waals surface area contributed by atoms with Crippen LogP contribution in [0.1, 0.15) is 17.5 Å². The molecule has 5 heteroatoms. The van der Waals surface area contributed by atoms with Crippen molar-refractivity contribution in [3.63, 3.8) is 0 Å². The number of nitriles is 1. The molecule has 1 atom stereocenters. The molecule has 94 valence electrons. The highest BCUT2D eigenvalue weighted by Gasteiger charge is 2.17. The minimum Gasteiger partial charge on any atom is -0.379 e. The van der Waals surface area contributed by atoms with Crippen LogP contribution in [-0.4, -0.2) is 25.3 Å². The maximum atomic E-state index is 11.6. The van der Waals surface area contributed by atoms with Gasteiger partial charge in [0.2, 0.25) is 0 Å². The fraction of sp³-hybridized carbons (Fsp3) is 0.385. The minimum absolute atomic E-state index is 0.107. The van der Waals surface area contributed by atoms with E-state index in [1.165, 1.54) is 0 Å². The highest BCUT2D eigenvalue weighted by atomic mass is 16.5. The highest BCUT2D eigenvalue weighted by molar-refractivity contribution is 5.74. The Morgan fingerprint density at radius 2 is 2.44 bits per heavy atom. The van der Waals surface area contributed by atoms with E-state index in [2.05, 4.69) is 16.7 Å². The van der Waals surface area contributed by atoms with E-state index in [4.69, 9.17) is 10.00 Å². The van der Waals surface area contributed by atoms with Crippen molar-refractivity contribution in [2.45, 2.75) is 19.0 Å². The van der Waals surface area contributed by atoms with Crippen LogP contribution in [0.2, 0.25) is 0 Å². The number of carbonyl (C=O) groups is 1. The van der Waals surface area contributed by atoms with Crippen LogP contribution < -0.4 is 10.6 Å². The molecule has 1 aromatic rings. The van der Waals surface area contributed by atoms with Gasteiger partial charge in [0.05, 0.1) is 24.3 Å². The van der Waals surface area contributed by atoms with Crippen molar-refractivity contribution >= 4 is 6.03 Å². The molecule has 0 aliphatic carbocycles. The summed E-state index contributed by atoms with van der Waals surface area (Å²) in [6.07, 6.45) is 0.858. The van der Waals surface area contributed by atoms with E-state index in [9.17, 15) is 4.79 Å². The molecular weight excluding hydrogens is 230 g/mol. The summed E-state index contributed by atoms with van der Waals surface area (Å²) in [5, 5.41) is 14.4. The Bertz CT molecular complexity index is 462. The van der Waals surface area contributed by atoms with Crippen molar-refractivity contribution in [3.8, 4) is 6.07 Å². The van der Waals surface area contributed by atoms with E-state index >= 15 is 0 Å². The lowest BCUT2D eigenvalue weighted by Crippen LogP contribution is -2.42. The fourth-order valence-electron chi connectivity index (χ4n) is 1.82. The molecule has 1 fully saturated rings. The molecule has 5 nitrogen and oxygen atoms in total. The summed E-state index contributed by atoms with van der Waals surface area (Å²) in [6.45, 7) is 1.70. The van der Waals surface area contributed by atoms with Crippen LogP contribution in [0.4, 0.5) is 4.79 Å². The van der Waals surface area contributed by atoms with E-state index in [0.717, 1.165) is 12.0 Å². The van der Waals surface area contributed by atoms with Crippen LogP contribution in [0.5, 0.6) is 0 Å². The molecule has 2 N–H and O–H groups in total. The third-order valence-electron chi connectivity index (χ3n) is 2.77. The Kier molecular flexibility index (Phi) is 4.15. The van der Waals surface area contributed by atoms with Crippen LogP contribution in [-0.2, 0) is 11.3 Å². The summed E-state index contributed by atoms with van der Waals surface area (Å²) in [5.41, 5.74) is 1.51.